The lowest BCUT2D eigenvalue weighted by atomic mass is 9.98. The first-order chi connectivity index (χ1) is 16.9. The van der Waals surface area contributed by atoms with E-state index >= 15 is 0 Å². The van der Waals surface area contributed by atoms with Gasteiger partial charge in [-0.25, -0.2) is 9.59 Å². The number of aliphatic carboxylic acids is 1. The van der Waals surface area contributed by atoms with Crippen molar-refractivity contribution in [3.63, 3.8) is 0 Å². The fourth-order valence-electron chi connectivity index (χ4n) is 5.13. The molecule has 2 aliphatic rings. The lowest BCUT2D eigenvalue weighted by molar-refractivity contribution is -0.148. The van der Waals surface area contributed by atoms with E-state index in [4.69, 9.17) is 4.74 Å². The summed E-state index contributed by atoms with van der Waals surface area (Å²) in [7, 11) is 0. The highest BCUT2D eigenvalue weighted by molar-refractivity contribution is 5.85. The van der Waals surface area contributed by atoms with Gasteiger partial charge in [-0.1, -0.05) is 68.3 Å². The summed E-state index contributed by atoms with van der Waals surface area (Å²) in [6, 6.07) is 14.7. The minimum absolute atomic E-state index is 0.0127. The third kappa shape index (κ3) is 5.48. The van der Waals surface area contributed by atoms with Crippen molar-refractivity contribution in [2.75, 3.05) is 13.2 Å². The number of carbonyl (C=O) groups excluding carboxylic acids is 2. The van der Waals surface area contributed by atoms with Crippen LogP contribution in [-0.4, -0.2) is 64.4 Å². The molecule has 2 amide bonds. The van der Waals surface area contributed by atoms with E-state index < -0.39 is 36.2 Å². The zero-order chi connectivity index (χ0) is 24.9. The highest BCUT2D eigenvalue weighted by Gasteiger charge is 2.39. The molecule has 1 saturated heterocycles. The van der Waals surface area contributed by atoms with Crippen LogP contribution >= 0.6 is 0 Å². The zero-order valence-corrected chi connectivity index (χ0v) is 19.9. The van der Waals surface area contributed by atoms with Crippen molar-refractivity contribution in [1.82, 2.24) is 10.2 Å². The van der Waals surface area contributed by atoms with E-state index in [1.54, 1.807) is 0 Å². The van der Waals surface area contributed by atoms with Gasteiger partial charge in [0.2, 0.25) is 5.91 Å². The molecule has 1 heterocycles. The van der Waals surface area contributed by atoms with E-state index in [-0.39, 0.29) is 31.9 Å². The Kier molecular flexibility index (Phi) is 7.70. The van der Waals surface area contributed by atoms with E-state index in [0.29, 0.717) is 6.42 Å². The molecule has 0 spiro atoms. The smallest absolute Gasteiger partial charge is 0.407 e. The Balaban J connectivity index is 1.39. The fraction of sp³-hybridized carbons (Fsp3) is 0.444. The molecule has 0 bridgehead atoms. The van der Waals surface area contributed by atoms with Crippen LogP contribution < -0.4 is 5.32 Å². The van der Waals surface area contributed by atoms with Crippen LogP contribution in [0.1, 0.15) is 56.1 Å². The second kappa shape index (κ2) is 10.9. The van der Waals surface area contributed by atoms with Crippen molar-refractivity contribution in [2.45, 2.75) is 63.1 Å². The third-order valence-corrected chi connectivity index (χ3v) is 6.88. The summed E-state index contributed by atoms with van der Waals surface area (Å²) in [4.78, 5) is 38.3. The van der Waals surface area contributed by atoms with Crippen LogP contribution in [0.5, 0.6) is 0 Å². The second-order valence-corrected chi connectivity index (χ2v) is 9.30. The Morgan fingerprint density at radius 1 is 1.09 bits per heavy atom. The van der Waals surface area contributed by atoms with E-state index in [2.05, 4.69) is 17.4 Å². The van der Waals surface area contributed by atoms with Crippen LogP contribution in [0.2, 0.25) is 0 Å². The molecular weight excluding hydrogens is 448 g/mol. The van der Waals surface area contributed by atoms with Crippen molar-refractivity contribution in [1.29, 1.82) is 0 Å². The predicted molar refractivity (Wildman–Crippen MR) is 130 cm³/mol. The van der Waals surface area contributed by atoms with Gasteiger partial charge in [-0.15, -0.1) is 0 Å². The number of rotatable bonds is 9. The van der Waals surface area contributed by atoms with Crippen LogP contribution in [0.15, 0.2) is 48.5 Å². The summed E-state index contributed by atoms with van der Waals surface area (Å²) < 4.78 is 5.62. The first kappa shape index (κ1) is 24.7. The van der Waals surface area contributed by atoms with Gasteiger partial charge >= 0.3 is 12.1 Å². The van der Waals surface area contributed by atoms with E-state index in [9.17, 15) is 24.6 Å². The average molecular weight is 481 g/mol. The maximum Gasteiger partial charge on any atom is 0.407 e. The Morgan fingerprint density at radius 3 is 2.31 bits per heavy atom. The van der Waals surface area contributed by atoms with Crippen LogP contribution in [0, 0.1) is 0 Å². The molecule has 1 aliphatic heterocycles. The summed E-state index contributed by atoms with van der Waals surface area (Å²) in [5.41, 5.74) is 4.52. The third-order valence-electron chi connectivity index (χ3n) is 6.88. The van der Waals surface area contributed by atoms with Gasteiger partial charge in [0.15, 0.2) is 0 Å². The number of aliphatic hydroxyl groups excluding tert-OH is 1. The molecule has 0 radical (unpaired) electrons. The number of β-amino-alcohol motifs (C(OH)–C–C–N with tert-alkyl or cyclic N) is 1. The number of nitrogens with one attached hydrogen (secondary N) is 1. The number of ether oxygens (including phenoxy) is 1. The number of benzene rings is 2. The van der Waals surface area contributed by atoms with Crippen LogP contribution in [0.4, 0.5) is 4.79 Å². The summed E-state index contributed by atoms with van der Waals surface area (Å²) in [6.07, 6.45) is 0.771. The quantitative estimate of drug-likeness (QED) is 0.506. The monoisotopic (exact) mass is 480 g/mol. The maximum absolute atomic E-state index is 12.9. The molecule has 1 fully saturated rings. The zero-order valence-electron chi connectivity index (χ0n) is 19.9. The number of likely N-dealkylation sites (tertiary alicyclic amines) is 1. The summed E-state index contributed by atoms with van der Waals surface area (Å²) in [5.74, 6) is -1.59. The number of fused-ring (bicyclic) bond motifs is 3. The number of unbranched alkanes of at least 4 members (excludes halogenated alkanes) is 1. The number of carbonyl (C=O) groups is 3. The molecule has 0 unspecified atom stereocenters. The maximum atomic E-state index is 12.9. The largest absolute Gasteiger partial charge is 0.480 e. The second-order valence-electron chi connectivity index (χ2n) is 9.30. The molecule has 2 aromatic carbocycles. The first-order valence-electron chi connectivity index (χ1n) is 12.2. The molecule has 3 atom stereocenters. The van der Waals surface area contributed by atoms with Crippen molar-refractivity contribution in [2.24, 2.45) is 0 Å². The van der Waals surface area contributed by atoms with Crippen LogP contribution in [-0.2, 0) is 14.3 Å². The Labute approximate surface area is 204 Å². The molecule has 2 aromatic rings. The topological polar surface area (TPSA) is 116 Å². The molecule has 0 saturated carbocycles. The Bertz CT molecular complexity index is 1040. The molecule has 8 heteroatoms. The van der Waals surface area contributed by atoms with Gasteiger partial charge < -0.3 is 25.2 Å². The number of carboxylic acids is 1. The number of carboxylic acid groups (broad SMARTS) is 1. The first-order valence-corrected chi connectivity index (χ1v) is 12.2. The number of nitrogens with zero attached hydrogens (tertiary/aromatic N) is 1. The fourth-order valence-corrected chi connectivity index (χ4v) is 5.13. The molecule has 8 nitrogen and oxygen atoms in total. The number of amides is 2. The van der Waals surface area contributed by atoms with Crippen LogP contribution in [0.3, 0.4) is 0 Å². The number of hydrogen-bond acceptors (Lipinski definition) is 5. The van der Waals surface area contributed by atoms with Gasteiger partial charge in [-0.05, 0) is 28.7 Å². The highest BCUT2D eigenvalue weighted by atomic mass is 16.5. The van der Waals surface area contributed by atoms with Crippen molar-refractivity contribution in [3.8, 4) is 11.1 Å². The van der Waals surface area contributed by atoms with Gasteiger partial charge in [0.25, 0.3) is 0 Å². The van der Waals surface area contributed by atoms with Gasteiger partial charge in [0, 0.05) is 31.3 Å². The summed E-state index contributed by atoms with van der Waals surface area (Å²) in [5, 5.41) is 22.1. The molecule has 1 aliphatic carbocycles. The molecule has 186 valence electrons. The van der Waals surface area contributed by atoms with E-state index in [1.165, 1.54) is 4.90 Å². The molecular formula is C27H32N2O6. The highest BCUT2D eigenvalue weighted by Crippen LogP contribution is 2.44. The van der Waals surface area contributed by atoms with Gasteiger partial charge in [-0.2, -0.15) is 0 Å². The molecule has 4 rings (SSSR count). The Morgan fingerprint density at radius 2 is 1.71 bits per heavy atom. The standard InChI is InChI=1S/C27H32N2O6/c1-2-3-8-17(13-25(31)29-15-18(30)14-24(29)26(32)33)28-27(34)35-16-23-21-11-6-4-9-19(21)20-10-5-7-12-22(20)23/h4-7,9-12,17-18,23-24,30H,2-3,8,13-16H2,1H3,(H,28,34)(H,32,33)/t17-,18-,24-/m1/s1. The Hall–Kier alpha value is -3.39. The molecule has 0 aromatic heterocycles. The minimum atomic E-state index is -1.13. The molecule has 3 N–H and O–H groups in total. The van der Waals surface area contributed by atoms with Gasteiger partial charge in [0.1, 0.15) is 12.6 Å². The summed E-state index contributed by atoms with van der Waals surface area (Å²) in [6.45, 7) is 2.18. The van der Waals surface area contributed by atoms with E-state index in [1.807, 2.05) is 43.3 Å². The predicted octanol–water partition coefficient (Wildman–Crippen LogP) is 3.52. The minimum Gasteiger partial charge on any atom is -0.480 e. The van der Waals surface area contributed by atoms with Crippen molar-refractivity contribution < 1.29 is 29.3 Å². The molecule has 35 heavy (non-hydrogen) atoms. The lowest BCUT2D eigenvalue weighted by Crippen LogP contribution is -2.45. The van der Waals surface area contributed by atoms with Gasteiger partial charge in [-0.3, -0.25) is 4.79 Å². The van der Waals surface area contributed by atoms with Crippen LogP contribution in [0.25, 0.3) is 11.1 Å². The van der Waals surface area contributed by atoms with Crippen molar-refractivity contribution in [3.05, 3.63) is 59.7 Å². The average Bonchev–Trinajstić information content (AvgIpc) is 3.39. The van der Waals surface area contributed by atoms with Gasteiger partial charge in [0.05, 0.1) is 6.10 Å². The van der Waals surface area contributed by atoms with Crippen molar-refractivity contribution >= 4 is 18.0 Å². The SMILES string of the molecule is CCCC[C@H](CC(=O)N1C[C@H](O)C[C@@H]1C(=O)O)NC(=O)OCC1c2ccccc2-c2ccccc21. The summed E-state index contributed by atoms with van der Waals surface area (Å²) >= 11 is 0. The number of hydrogen-bond donors (Lipinski definition) is 3. The normalized spacial score (nSPS) is 19.7. The number of aliphatic hydroxyl groups is 1. The number of alkyl carbamates (subject to hydrolysis) is 1. The lowest BCUT2D eigenvalue weighted by Gasteiger charge is -2.25. The van der Waals surface area contributed by atoms with E-state index in [0.717, 1.165) is 35.1 Å².